The maximum Gasteiger partial charge on any atom is 0.293 e. The smallest absolute Gasteiger partial charge is 0.293 e. The summed E-state index contributed by atoms with van der Waals surface area (Å²) in [4.78, 5) is 16.3. The van der Waals surface area contributed by atoms with Gasteiger partial charge in [-0.3, -0.25) is 4.79 Å². The van der Waals surface area contributed by atoms with Crippen molar-refractivity contribution in [2.75, 3.05) is 11.6 Å². The highest BCUT2D eigenvalue weighted by molar-refractivity contribution is 7.90. The van der Waals surface area contributed by atoms with Crippen molar-refractivity contribution in [2.45, 2.75) is 24.9 Å². The van der Waals surface area contributed by atoms with Gasteiger partial charge in [0.25, 0.3) is 5.56 Å². The zero-order valence-electron chi connectivity index (χ0n) is 11.9. The zero-order chi connectivity index (χ0) is 15.5. The van der Waals surface area contributed by atoms with Crippen molar-refractivity contribution < 1.29 is 8.42 Å². The number of nitrogens with one attached hydrogen (secondary N) is 1. The fourth-order valence-corrected chi connectivity index (χ4v) is 2.49. The third-order valence-corrected chi connectivity index (χ3v) is 4.19. The molecule has 21 heavy (non-hydrogen) atoms. The average Bonchev–Trinajstić information content (AvgIpc) is 2.46. The fourth-order valence-electron chi connectivity index (χ4n) is 1.86. The number of sulfone groups is 1. The second-order valence-corrected chi connectivity index (χ2v) is 6.65. The summed E-state index contributed by atoms with van der Waals surface area (Å²) in [5.41, 5.74) is 0.697. The second-order valence-electron chi connectivity index (χ2n) is 4.64. The lowest BCUT2D eigenvalue weighted by Crippen LogP contribution is -2.23. The molecule has 0 saturated carbocycles. The molecule has 0 spiro atoms. The predicted octanol–water partition coefficient (Wildman–Crippen LogP) is 1.28. The van der Waals surface area contributed by atoms with Crippen LogP contribution in [0.1, 0.15) is 12.5 Å². The molecular formula is C14H17N3O3S. The van der Waals surface area contributed by atoms with Crippen LogP contribution < -0.4 is 10.9 Å². The van der Waals surface area contributed by atoms with Crippen molar-refractivity contribution in [3.63, 3.8) is 0 Å². The van der Waals surface area contributed by atoms with E-state index in [1.807, 2.05) is 6.92 Å². The lowest BCUT2D eigenvalue weighted by molar-refractivity contribution is 0.602. The quantitative estimate of drug-likeness (QED) is 0.900. The molecule has 0 fully saturated rings. The Balaban J connectivity index is 2.12. The van der Waals surface area contributed by atoms with Crippen LogP contribution in [0.4, 0.5) is 5.82 Å². The predicted molar refractivity (Wildman–Crippen MR) is 81.0 cm³/mol. The number of benzene rings is 1. The van der Waals surface area contributed by atoms with Crippen LogP contribution >= 0.6 is 0 Å². The molecule has 112 valence electrons. The Morgan fingerprint density at radius 3 is 2.48 bits per heavy atom. The Labute approximate surface area is 123 Å². The van der Waals surface area contributed by atoms with Gasteiger partial charge in [-0.05, 0) is 24.6 Å². The molecule has 2 aromatic rings. The molecule has 0 atom stereocenters. The van der Waals surface area contributed by atoms with Gasteiger partial charge in [-0.2, -0.15) is 0 Å². The van der Waals surface area contributed by atoms with Crippen molar-refractivity contribution >= 4 is 15.7 Å². The maximum atomic E-state index is 12.0. The molecule has 7 heteroatoms. The summed E-state index contributed by atoms with van der Waals surface area (Å²) >= 11 is 0. The first kappa shape index (κ1) is 15.2. The molecule has 0 radical (unpaired) electrons. The highest BCUT2D eigenvalue weighted by Crippen LogP contribution is 2.11. The summed E-state index contributed by atoms with van der Waals surface area (Å²) < 4.78 is 24.3. The first-order valence-electron chi connectivity index (χ1n) is 6.50. The minimum atomic E-state index is -3.19. The summed E-state index contributed by atoms with van der Waals surface area (Å²) in [5.74, 6) is 0.284. The van der Waals surface area contributed by atoms with Crippen molar-refractivity contribution in [3.05, 3.63) is 52.6 Å². The van der Waals surface area contributed by atoms with E-state index in [2.05, 4.69) is 10.3 Å². The fraction of sp³-hybridized carbons (Fsp3) is 0.286. The second kappa shape index (κ2) is 6.09. The number of aromatic nitrogens is 2. The molecule has 0 aliphatic rings. The molecule has 1 heterocycles. The molecule has 0 amide bonds. The topological polar surface area (TPSA) is 81.1 Å². The van der Waals surface area contributed by atoms with Gasteiger partial charge in [-0.25, -0.2) is 13.4 Å². The van der Waals surface area contributed by atoms with Crippen LogP contribution in [0, 0.1) is 0 Å². The molecule has 2 rings (SSSR count). The average molecular weight is 307 g/mol. The van der Waals surface area contributed by atoms with E-state index in [0.29, 0.717) is 13.1 Å². The molecule has 1 aromatic heterocycles. The van der Waals surface area contributed by atoms with Gasteiger partial charge in [-0.15, -0.1) is 0 Å². The molecule has 1 aromatic carbocycles. The van der Waals surface area contributed by atoms with E-state index < -0.39 is 9.84 Å². The van der Waals surface area contributed by atoms with E-state index in [1.165, 1.54) is 6.26 Å². The van der Waals surface area contributed by atoms with Gasteiger partial charge in [-0.1, -0.05) is 12.1 Å². The van der Waals surface area contributed by atoms with Crippen LogP contribution in [0.5, 0.6) is 0 Å². The Hall–Kier alpha value is -2.15. The van der Waals surface area contributed by atoms with Gasteiger partial charge in [0, 0.05) is 31.7 Å². The first-order valence-corrected chi connectivity index (χ1v) is 8.39. The largest absolute Gasteiger partial charge is 0.361 e. The van der Waals surface area contributed by atoms with E-state index in [0.717, 1.165) is 5.56 Å². The number of hydrogen-bond acceptors (Lipinski definition) is 5. The maximum absolute atomic E-state index is 12.0. The Kier molecular flexibility index (Phi) is 4.42. The van der Waals surface area contributed by atoms with Crippen molar-refractivity contribution in [3.8, 4) is 0 Å². The summed E-state index contributed by atoms with van der Waals surface area (Å²) in [7, 11) is -3.19. The van der Waals surface area contributed by atoms with Crippen molar-refractivity contribution in [1.82, 2.24) is 9.55 Å². The molecule has 1 N–H and O–H groups in total. The van der Waals surface area contributed by atoms with Gasteiger partial charge in [0.1, 0.15) is 0 Å². The van der Waals surface area contributed by atoms with Gasteiger partial charge >= 0.3 is 0 Å². The van der Waals surface area contributed by atoms with Crippen LogP contribution in [0.3, 0.4) is 0 Å². The molecule has 0 aliphatic heterocycles. The molecule has 0 saturated heterocycles. The summed E-state index contributed by atoms with van der Waals surface area (Å²) in [6.07, 6.45) is 4.37. The highest BCUT2D eigenvalue weighted by atomic mass is 32.2. The minimum Gasteiger partial charge on any atom is -0.361 e. The monoisotopic (exact) mass is 307 g/mol. The normalized spacial score (nSPS) is 11.3. The van der Waals surface area contributed by atoms with Gasteiger partial charge in [0.2, 0.25) is 0 Å². The molecule has 6 nitrogen and oxygen atoms in total. The minimum absolute atomic E-state index is 0.173. The molecule has 0 aliphatic carbocycles. The van der Waals surface area contributed by atoms with Crippen LogP contribution in [0.15, 0.2) is 46.3 Å². The van der Waals surface area contributed by atoms with E-state index in [9.17, 15) is 13.2 Å². The number of hydrogen-bond donors (Lipinski definition) is 1. The summed E-state index contributed by atoms with van der Waals surface area (Å²) in [5, 5.41) is 2.97. The Bertz CT molecular complexity index is 780. The highest BCUT2D eigenvalue weighted by Gasteiger charge is 2.07. The number of nitrogens with zero attached hydrogens (tertiary/aromatic N) is 2. The third-order valence-electron chi connectivity index (χ3n) is 3.07. The first-order chi connectivity index (χ1) is 9.91. The summed E-state index contributed by atoms with van der Waals surface area (Å²) in [6.45, 7) is 2.87. The molecular weight excluding hydrogens is 290 g/mol. The number of rotatable bonds is 5. The van der Waals surface area contributed by atoms with Crippen molar-refractivity contribution in [2.24, 2.45) is 0 Å². The molecule has 0 bridgehead atoms. The van der Waals surface area contributed by atoms with Crippen molar-refractivity contribution in [1.29, 1.82) is 0 Å². The number of anilines is 1. The van der Waals surface area contributed by atoms with Crippen LogP contribution in [-0.2, 0) is 22.9 Å². The van der Waals surface area contributed by atoms with Crippen LogP contribution in [-0.4, -0.2) is 24.2 Å². The third kappa shape index (κ3) is 3.69. The van der Waals surface area contributed by atoms with E-state index in [4.69, 9.17) is 0 Å². The lowest BCUT2D eigenvalue weighted by atomic mass is 10.2. The van der Waals surface area contributed by atoms with Crippen LogP contribution in [0.2, 0.25) is 0 Å². The zero-order valence-corrected chi connectivity index (χ0v) is 12.7. The standard InChI is InChI=1S/C14H17N3O3S/c1-3-17-9-8-15-13(14(17)18)16-10-11-4-6-12(7-5-11)21(2,19)20/h4-9H,3,10H2,1-2H3,(H,15,16). The number of aryl methyl sites for hydroxylation is 1. The lowest BCUT2D eigenvalue weighted by Gasteiger charge is -2.08. The summed E-state index contributed by atoms with van der Waals surface area (Å²) in [6, 6.07) is 6.53. The van der Waals surface area contributed by atoms with Gasteiger partial charge < -0.3 is 9.88 Å². The Morgan fingerprint density at radius 1 is 1.24 bits per heavy atom. The Morgan fingerprint density at radius 2 is 1.90 bits per heavy atom. The molecule has 0 unspecified atom stereocenters. The SMILES string of the molecule is CCn1ccnc(NCc2ccc(S(C)(=O)=O)cc2)c1=O. The van der Waals surface area contributed by atoms with E-state index >= 15 is 0 Å². The van der Waals surface area contributed by atoms with E-state index in [-0.39, 0.29) is 16.3 Å². The van der Waals surface area contributed by atoms with E-state index in [1.54, 1.807) is 41.2 Å². The van der Waals surface area contributed by atoms with Crippen LogP contribution in [0.25, 0.3) is 0 Å². The van der Waals surface area contributed by atoms with Gasteiger partial charge in [0.05, 0.1) is 4.90 Å². The van der Waals surface area contributed by atoms with Gasteiger partial charge in [0.15, 0.2) is 15.7 Å².